The van der Waals surface area contributed by atoms with Crippen LogP contribution >= 0.6 is 23.5 Å². The van der Waals surface area contributed by atoms with Crippen LogP contribution in [0.5, 0.6) is 0 Å². The minimum atomic E-state index is -0.305. The molecule has 0 saturated carbocycles. The van der Waals surface area contributed by atoms with Gasteiger partial charge in [0.1, 0.15) is 17.0 Å². The Morgan fingerprint density at radius 1 is 1.23 bits per heavy atom. The molecular formula is C19H16F2N2OS2. The van der Waals surface area contributed by atoms with E-state index in [4.69, 9.17) is 0 Å². The van der Waals surface area contributed by atoms with Crippen molar-refractivity contribution in [2.75, 3.05) is 5.75 Å². The van der Waals surface area contributed by atoms with Gasteiger partial charge in [0.15, 0.2) is 0 Å². The third-order valence-corrected chi connectivity index (χ3v) is 7.01. The molecule has 7 heteroatoms. The average molecular weight is 390 g/mol. The number of hydrogen-bond donors (Lipinski definition) is 0. The molecule has 3 nitrogen and oxygen atoms in total. The lowest BCUT2D eigenvalue weighted by atomic mass is 9.96. The number of nitrogens with zero attached hydrogens (tertiary/aromatic N) is 2. The molecule has 0 bridgehead atoms. The normalized spacial score (nSPS) is 21.2. The van der Waals surface area contributed by atoms with E-state index < -0.39 is 0 Å². The molecule has 2 aromatic rings. The summed E-state index contributed by atoms with van der Waals surface area (Å²) in [5.41, 5.74) is 1.71. The maximum atomic E-state index is 14.8. The molecule has 0 saturated heterocycles. The lowest BCUT2D eigenvalue weighted by molar-refractivity contribution is -0.129. The average Bonchev–Trinajstić information content (AvgIpc) is 2.99. The summed E-state index contributed by atoms with van der Waals surface area (Å²) in [5.74, 6) is -0.124. The van der Waals surface area contributed by atoms with Crippen LogP contribution in [-0.2, 0) is 4.79 Å². The van der Waals surface area contributed by atoms with Gasteiger partial charge in [0.2, 0.25) is 5.91 Å². The van der Waals surface area contributed by atoms with Crippen molar-refractivity contribution >= 4 is 35.1 Å². The van der Waals surface area contributed by atoms with Gasteiger partial charge < -0.3 is 0 Å². The number of carbonyl (C=O) groups is 1. The minimum Gasteiger partial charge on any atom is -0.273 e. The monoisotopic (exact) mass is 390 g/mol. The van der Waals surface area contributed by atoms with Gasteiger partial charge in [-0.1, -0.05) is 17.8 Å². The predicted octanol–water partition coefficient (Wildman–Crippen LogP) is 4.68. The summed E-state index contributed by atoms with van der Waals surface area (Å²) in [6.07, 6.45) is 0. The van der Waals surface area contributed by atoms with Crippen molar-refractivity contribution in [1.29, 1.82) is 0 Å². The number of rotatable bonds is 2. The van der Waals surface area contributed by atoms with Gasteiger partial charge in [-0.15, -0.1) is 11.8 Å². The standard InChI is InChI=1S/C19H16F2N2OS2/c1-10-3-8-15-16(17(10)21)18-14(9-25-15)19(23(22-18)11(2)24)26-13-6-4-12(20)5-7-13/h3-8,14,19H,9H2,1-2H3/t14-,19-/m0/s1. The number of aryl methyl sites for hydroxylation is 1. The molecule has 26 heavy (non-hydrogen) atoms. The van der Waals surface area contributed by atoms with Crippen LogP contribution in [0.2, 0.25) is 0 Å². The number of halogens is 2. The second kappa shape index (κ2) is 6.70. The zero-order valence-corrected chi connectivity index (χ0v) is 15.8. The number of amides is 1. The fourth-order valence-corrected chi connectivity index (χ4v) is 5.77. The molecule has 134 valence electrons. The van der Waals surface area contributed by atoms with E-state index in [1.165, 1.54) is 35.8 Å². The van der Waals surface area contributed by atoms with E-state index in [1.807, 2.05) is 6.07 Å². The van der Waals surface area contributed by atoms with Crippen LogP contribution in [-0.4, -0.2) is 27.8 Å². The summed E-state index contributed by atoms with van der Waals surface area (Å²) in [6, 6.07) is 9.84. The highest BCUT2D eigenvalue weighted by Crippen LogP contribution is 2.45. The summed E-state index contributed by atoms with van der Waals surface area (Å²) < 4.78 is 28.0. The lowest BCUT2D eigenvalue weighted by Gasteiger charge is -2.28. The number of carbonyl (C=O) groups excluding carboxylic acids is 1. The largest absolute Gasteiger partial charge is 0.273 e. The second-order valence-electron chi connectivity index (χ2n) is 6.30. The summed E-state index contributed by atoms with van der Waals surface area (Å²) in [5, 5.41) is 5.67. The van der Waals surface area contributed by atoms with Gasteiger partial charge in [0.05, 0.1) is 5.71 Å². The van der Waals surface area contributed by atoms with E-state index in [0.717, 1.165) is 15.5 Å². The first kappa shape index (κ1) is 17.5. The topological polar surface area (TPSA) is 32.7 Å². The van der Waals surface area contributed by atoms with Crippen LogP contribution in [0.1, 0.15) is 18.1 Å². The minimum absolute atomic E-state index is 0.0808. The number of hydrazone groups is 1. The quantitative estimate of drug-likeness (QED) is 0.746. The molecule has 0 radical (unpaired) electrons. The van der Waals surface area contributed by atoms with Crippen LogP contribution in [0.4, 0.5) is 8.78 Å². The number of benzene rings is 2. The Balaban J connectivity index is 1.73. The number of thioether (sulfide) groups is 2. The third-order valence-electron chi connectivity index (χ3n) is 4.52. The summed E-state index contributed by atoms with van der Waals surface area (Å²) in [4.78, 5) is 13.9. The van der Waals surface area contributed by atoms with E-state index in [-0.39, 0.29) is 28.8 Å². The van der Waals surface area contributed by atoms with E-state index >= 15 is 0 Å². The van der Waals surface area contributed by atoms with Crippen molar-refractivity contribution < 1.29 is 13.6 Å². The van der Waals surface area contributed by atoms with Gasteiger partial charge in [-0.05, 0) is 42.8 Å². The van der Waals surface area contributed by atoms with Crippen LogP contribution < -0.4 is 0 Å². The first-order valence-corrected chi connectivity index (χ1v) is 10.0. The Kier molecular flexibility index (Phi) is 4.52. The van der Waals surface area contributed by atoms with Crippen molar-refractivity contribution in [2.45, 2.75) is 29.0 Å². The van der Waals surface area contributed by atoms with Crippen LogP contribution in [0.15, 0.2) is 51.3 Å². The molecule has 0 aliphatic carbocycles. The van der Waals surface area contributed by atoms with Crippen molar-refractivity contribution in [3.63, 3.8) is 0 Å². The van der Waals surface area contributed by atoms with E-state index in [1.54, 1.807) is 36.9 Å². The Bertz CT molecular complexity index is 915. The Labute approximate surface area is 158 Å². The molecule has 1 amide bonds. The zero-order chi connectivity index (χ0) is 18.4. The van der Waals surface area contributed by atoms with Gasteiger partial charge in [-0.3, -0.25) is 4.79 Å². The van der Waals surface area contributed by atoms with Crippen LogP contribution in [0.25, 0.3) is 0 Å². The summed E-state index contributed by atoms with van der Waals surface area (Å²) in [6.45, 7) is 3.19. The number of fused-ring (bicyclic) bond motifs is 3. The fraction of sp³-hybridized carbons (Fsp3) is 0.263. The molecule has 2 aliphatic rings. The molecule has 4 rings (SSSR count). The van der Waals surface area contributed by atoms with Gasteiger partial charge in [-0.25, -0.2) is 13.8 Å². The highest BCUT2D eigenvalue weighted by Gasteiger charge is 2.44. The second-order valence-corrected chi connectivity index (χ2v) is 8.55. The van der Waals surface area contributed by atoms with Gasteiger partial charge >= 0.3 is 0 Å². The molecule has 2 atom stereocenters. The van der Waals surface area contributed by atoms with Crippen molar-refractivity contribution in [3.05, 3.63) is 59.2 Å². The van der Waals surface area contributed by atoms with Crippen molar-refractivity contribution in [2.24, 2.45) is 11.0 Å². The Hall–Kier alpha value is -1.86. The maximum absolute atomic E-state index is 14.8. The van der Waals surface area contributed by atoms with Crippen molar-refractivity contribution in [1.82, 2.24) is 5.01 Å². The van der Waals surface area contributed by atoms with Crippen molar-refractivity contribution in [3.8, 4) is 0 Å². The Morgan fingerprint density at radius 3 is 2.65 bits per heavy atom. The van der Waals surface area contributed by atoms with Gasteiger partial charge in [0, 0.05) is 33.9 Å². The predicted molar refractivity (Wildman–Crippen MR) is 100 cm³/mol. The molecule has 0 N–H and O–H groups in total. The highest BCUT2D eigenvalue weighted by molar-refractivity contribution is 8.00. The van der Waals surface area contributed by atoms with Gasteiger partial charge in [-0.2, -0.15) is 5.10 Å². The van der Waals surface area contributed by atoms with E-state index in [0.29, 0.717) is 16.8 Å². The third kappa shape index (κ3) is 2.93. The number of hydrogen-bond acceptors (Lipinski definition) is 4. The SMILES string of the molecule is CC(=O)N1N=C2c3c(ccc(C)c3F)SC[C@@H]2[C@@H]1Sc1ccc(F)cc1. The summed E-state index contributed by atoms with van der Waals surface area (Å²) in [7, 11) is 0. The maximum Gasteiger partial charge on any atom is 0.240 e. The summed E-state index contributed by atoms with van der Waals surface area (Å²) >= 11 is 3.04. The molecule has 0 spiro atoms. The van der Waals surface area contributed by atoms with E-state index in [9.17, 15) is 13.6 Å². The van der Waals surface area contributed by atoms with E-state index in [2.05, 4.69) is 5.10 Å². The molecule has 0 aromatic heterocycles. The fourth-order valence-electron chi connectivity index (χ4n) is 3.18. The first-order valence-electron chi connectivity index (χ1n) is 8.18. The van der Waals surface area contributed by atoms with Gasteiger partial charge in [0.25, 0.3) is 0 Å². The Morgan fingerprint density at radius 2 is 1.96 bits per heavy atom. The van der Waals surface area contributed by atoms with Crippen LogP contribution in [0.3, 0.4) is 0 Å². The molecule has 0 unspecified atom stereocenters. The molecule has 0 fully saturated rings. The smallest absolute Gasteiger partial charge is 0.240 e. The highest BCUT2D eigenvalue weighted by atomic mass is 32.2. The van der Waals surface area contributed by atoms with Crippen LogP contribution in [0, 0.1) is 24.5 Å². The molecule has 2 heterocycles. The lowest BCUT2D eigenvalue weighted by Crippen LogP contribution is -2.36. The zero-order valence-electron chi connectivity index (χ0n) is 14.2. The molecular weight excluding hydrogens is 374 g/mol. The molecule has 2 aromatic carbocycles. The first-order chi connectivity index (χ1) is 12.5. The molecule has 2 aliphatic heterocycles.